The van der Waals surface area contributed by atoms with E-state index in [9.17, 15) is 4.79 Å². The molecule has 1 unspecified atom stereocenters. The van der Waals surface area contributed by atoms with Crippen molar-refractivity contribution in [3.05, 3.63) is 69.7 Å². The van der Waals surface area contributed by atoms with Crippen LogP contribution >= 0.6 is 23.2 Å². The molecular weight excluding hydrogens is 331 g/mol. The normalized spacial score (nSPS) is 12.2. The molecule has 0 aromatic heterocycles. The molecule has 0 spiro atoms. The van der Waals surface area contributed by atoms with Crippen LogP contribution in [0.15, 0.2) is 48.5 Å². The molecule has 2 aromatic carbocycles. The van der Waals surface area contributed by atoms with Crippen molar-refractivity contribution in [1.82, 2.24) is 10.2 Å². The molecule has 5 heteroatoms. The number of carbonyl (C=O) groups is 1. The molecular formula is C18H20Cl2N2O. The number of hydrogen-bond acceptors (Lipinski definition) is 2. The summed E-state index contributed by atoms with van der Waals surface area (Å²) < 4.78 is 0. The fourth-order valence-electron chi connectivity index (χ4n) is 2.44. The van der Waals surface area contributed by atoms with Crippen LogP contribution in [-0.4, -0.2) is 24.4 Å². The smallest absolute Gasteiger partial charge is 0.234 e. The van der Waals surface area contributed by atoms with E-state index in [4.69, 9.17) is 23.2 Å². The summed E-state index contributed by atoms with van der Waals surface area (Å²) in [5.74, 6) is -0.0399. The van der Waals surface area contributed by atoms with Crippen LogP contribution in [0.25, 0.3) is 0 Å². The first-order valence-electron chi connectivity index (χ1n) is 7.42. The second-order valence-electron chi connectivity index (χ2n) is 5.61. The van der Waals surface area contributed by atoms with Crippen molar-refractivity contribution in [2.75, 3.05) is 13.6 Å². The van der Waals surface area contributed by atoms with Crippen molar-refractivity contribution in [1.29, 1.82) is 0 Å². The van der Waals surface area contributed by atoms with Gasteiger partial charge in [0.2, 0.25) is 5.91 Å². The quantitative estimate of drug-likeness (QED) is 0.842. The van der Waals surface area contributed by atoms with Crippen LogP contribution in [0.1, 0.15) is 24.1 Å². The highest BCUT2D eigenvalue weighted by Crippen LogP contribution is 2.22. The Morgan fingerprint density at radius 1 is 1.17 bits per heavy atom. The molecule has 23 heavy (non-hydrogen) atoms. The molecule has 0 heterocycles. The predicted molar refractivity (Wildman–Crippen MR) is 95.8 cm³/mol. The van der Waals surface area contributed by atoms with E-state index in [1.807, 2.05) is 67.4 Å². The zero-order valence-corrected chi connectivity index (χ0v) is 14.7. The summed E-state index contributed by atoms with van der Waals surface area (Å²) in [4.78, 5) is 14.1. The number of rotatable bonds is 6. The van der Waals surface area contributed by atoms with Crippen LogP contribution < -0.4 is 5.32 Å². The van der Waals surface area contributed by atoms with Gasteiger partial charge in [-0.2, -0.15) is 0 Å². The molecule has 0 bridgehead atoms. The van der Waals surface area contributed by atoms with Gasteiger partial charge in [0.25, 0.3) is 0 Å². The van der Waals surface area contributed by atoms with Crippen LogP contribution in [0.5, 0.6) is 0 Å². The van der Waals surface area contributed by atoms with Gasteiger partial charge in [-0.15, -0.1) is 0 Å². The molecule has 0 saturated heterocycles. The van der Waals surface area contributed by atoms with Crippen molar-refractivity contribution in [2.24, 2.45) is 0 Å². The van der Waals surface area contributed by atoms with Gasteiger partial charge in [0.1, 0.15) is 0 Å². The third kappa shape index (κ3) is 5.54. The number of likely N-dealkylation sites (N-methyl/N-ethyl adjacent to an activating group) is 1. The van der Waals surface area contributed by atoms with Crippen LogP contribution in [0.4, 0.5) is 0 Å². The van der Waals surface area contributed by atoms with Gasteiger partial charge in [-0.05, 0) is 43.3 Å². The Hall–Kier alpha value is -1.55. The van der Waals surface area contributed by atoms with E-state index in [0.29, 0.717) is 23.1 Å². The SMILES string of the molecule is CC(NC(=O)CN(C)Cc1cccc(Cl)c1)c1ccccc1Cl. The van der Waals surface area contributed by atoms with Gasteiger partial charge in [0.15, 0.2) is 0 Å². The highest BCUT2D eigenvalue weighted by molar-refractivity contribution is 6.31. The number of hydrogen-bond donors (Lipinski definition) is 1. The van der Waals surface area contributed by atoms with Crippen LogP contribution in [0.2, 0.25) is 10.0 Å². The molecule has 1 amide bonds. The zero-order chi connectivity index (χ0) is 16.8. The van der Waals surface area contributed by atoms with Gasteiger partial charge in [-0.1, -0.05) is 53.5 Å². The molecule has 0 saturated carbocycles. The molecule has 122 valence electrons. The highest BCUT2D eigenvalue weighted by Gasteiger charge is 2.13. The minimum absolute atomic E-state index is 0.0399. The predicted octanol–water partition coefficient (Wildman–Crippen LogP) is 4.30. The van der Waals surface area contributed by atoms with Crippen molar-refractivity contribution in [3.8, 4) is 0 Å². The van der Waals surface area contributed by atoms with Gasteiger partial charge in [-0.25, -0.2) is 0 Å². The maximum atomic E-state index is 12.2. The lowest BCUT2D eigenvalue weighted by Gasteiger charge is -2.20. The summed E-state index contributed by atoms with van der Waals surface area (Å²) in [5, 5.41) is 4.34. The standard InChI is InChI=1S/C18H20Cl2N2O/c1-13(16-8-3-4-9-17(16)20)21-18(23)12-22(2)11-14-6-5-7-15(19)10-14/h3-10,13H,11-12H2,1-2H3,(H,21,23). The summed E-state index contributed by atoms with van der Waals surface area (Å²) in [6, 6.07) is 15.0. The maximum absolute atomic E-state index is 12.2. The Morgan fingerprint density at radius 2 is 1.91 bits per heavy atom. The Morgan fingerprint density at radius 3 is 2.61 bits per heavy atom. The average molecular weight is 351 g/mol. The second kappa shape index (κ2) is 8.34. The maximum Gasteiger partial charge on any atom is 0.234 e. The lowest BCUT2D eigenvalue weighted by Crippen LogP contribution is -2.36. The summed E-state index contributed by atoms with van der Waals surface area (Å²) in [6.07, 6.45) is 0. The Bertz CT molecular complexity index is 676. The Balaban J connectivity index is 1.88. The fraction of sp³-hybridized carbons (Fsp3) is 0.278. The molecule has 1 atom stereocenters. The van der Waals surface area contributed by atoms with Crippen molar-refractivity contribution < 1.29 is 4.79 Å². The van der Waals surface area contributed by atoms with Crippen LogP contribution in [-0.2, 0) is 11.3 Å². The van der Waals surface area contributed by atoms with E-state index in [0.717, 1.165) is 11.1 Å². The molecule has 1 N–H and O–H groups in total. The van der Waals surface area contributed by atoms with Gasteiger partial charge >= 0.3 is 0 Å². The first-order chi connectivity index (χ1) is 11.0. The van der Waals surface area contributed by atoms with E-state index in [-0.39, 0.29) is 11.9 Å². The Labute approximate surface area is 147 Å². The summed E-state index contributed by atoms with van der Waals surface area (Å²) in [7, 11) is 1.90. The van der Waals surface area contributed by atoms with Gasteiger partial charge in [0, 0.05) is 16.6 Å². The largest absolute Gasteiger partial charge is 0.348 e. The topological polar surface area (TPSA) is 32.3 Å². The van der Waals surface area contributed by atoms with Crippen molar-refractivity contribution in [3.63, 3.8) is 0 Å². The van der Waals surface area contributed by atoms with Gasteiger partial charge in [0.05, 0.1) is 12.6 Å². The molecule has 0 aliphatic carbocycles. The van der Waals surface area contributed by atoms with E-state index in [1.165, 1.54) is 0 Å². The van der Waals surface area contributed by atoms with Crippen molar-refractivity contribution in [2.45, 2.75) is 19.5 Å². The van der Waals surface area contributed by atoms with Crippen LogP contribution in [0, 0.1) is 0 Å². The highest BCUT2D eigenvalue weighted by atomic mass is 35.5. The van der Waals surface area contributed by atoms with E-state index in [2.05, 4.69) is 5.32 Å². The molecule has 3 nitrogen and oxygen atoms in total. The number of benzene rings is 2. The number of nitrogens with zero attached hydrogens (tertiary/aromatic N) is 1. The molecule has 2 aromatic rings. The average Bonchev–Trinajstić information content (AvgIpc) is 2.47. The first kappa shape index (κ1) is 17.8. The molecule has 0 aliphatic heterocycles. The van der Waals surface area contributed by atoms with Gasteiger partial charge < -0.3 is 5.32 Å². The van der Waals surface area contributed by atoms with Crippen LogP contribution in [0.3, 0.4) is 0 Å². The minimum atomic E-state index is -0.129. The minimum Gasteiger partial charge on any atom is -0.348 e. The molecule has 2 rings (SSSR count). The number of nitrogens with one attached hydrogen (secondary N) is 1. The molecule has 0 radical (unpaired) electrons. The zero-order valence-electron chi connectivity index (χ0n) is 13.2. The van der Waals surface area contributed by atoms with E-state index >= 15 is 0 Å². The fourth-order valence-corrected chi connectivity index (χ4v) is 2.95. The molecule has 0 aliphatic rings. The lowest BCUT2D eigenvalue weighted by molar-refractivity contribution is -0.122. The molecule has 0 fully saturated rings. The summed E-state index contributed by atoms with van der Waals surface area (Å²) in [5.41, 5.74) is 1.99. The number of amides is 1. The lowest BCUT2D eigenvalue weighted by atomic mass is 10.1. The second-order valence-corrected chi connectivity index (χ2v) is 6.46. The summed E-state index contributed by atoms with van der Waals surface area (Å²) in [6.45, 7) is 2.89. The monoisotopic (exact) mass is 350 g/mol. The van der Waals surface area contributed by atoms with Gasteiger partial charge in [-0.3, -0.25) is 9.69 Å². The number of halogens is 2. The number of carbonyl (C=O) groups excluding carboxylic acids is 1. The first-order valence-corrected chi connectivity index (χ1v) is 8.18. The third-order valence-electron chi connectivity index (χ3n) is 3.50. The van der Waals surface area contributed by atoms with Crippen molar-refractivity contribution >= 4 is 29.1 Å². The third-order valence-corrected chi connectivity index (χ3v) is 4.08. The Kier molecular flexibility index (Phi) is 6.46. The van der Waals surface area contributed by atoms with E-state index in [1.54, 1.807) is 0 Å². The van der Waals surface area contributed by atoms with E-state index < -0.39 is 0 Å². The summed E-state index contributed by atoms with van der Waals surface area (Å²) >= 11 is 12.1.